The van der Waals surface area contributed by atoms with Crippen LogP contribution < -0.4 is 9.62 Å². The van der Waals surface area contributed by atoms with Crippen LogP contribution in [0.4, 0.5) is 10.1 Å². The minimum absolute atomic E-state index is 0.0249. The predicted molar refractivity (Wildman–Crippen MR) is 157 cm³/mol. The van der Waals surface area contributed by atoms with Gasteiger partial charge in [0.2, 0.25) is 21.8 Å². The van der Waals surface area contributed by atoms with Gasteiger partial charge in [0.1, 0.15) is 18.4 Å². The molecule has 0 saturated heterocycles. The standard InChI is InChI=1S/C30H35ClFN3O4S/c1-21(2)18-33-30(37)28(17-23-8-6-5-7-9-23)34(19-24-10-13-26(32)14-11-24)29(36)20-35(40(4,38)39)27-15-12-25(31)16-22(27)3/h5-16,21,28H,17-20H2,1-4H3,(H,33,37)/t28-/m1/s1. The predicted octanol–water partition coefficient (Wildman–Crippen LogP) is 4.97. The van der Waals surface area contributed by atoms with Gasteiger partial charge in [-0.2, -0.15) is 0 Å². The molecule has 3 rings (SSSR count). The molecule has 10 heteroatoms. The molecule has 0 aliphatic rings. The number of hydrogen-bond donors (Lipinski definition) is 1. The molecular weight excluding hydrogens is 553 g/mol. The van der Waals surface area contributed by atoms with Gasteiger partial charge in [-0.15, -0.1) is 0 Å². The van der Waals surface area contributed by atoms with E-state index < -0.39 is 34.3 Å². The zero-order chi connectivity index (χ0) is 29.4. The molecule has 3 aromatic rings. The van der Waals surface area contributed by atoms with E-state index >= 15 is 0 Å². The maximum Gasteiger partial charge on any atom is 0.244 e. The second-order valence-corrected chi connectivity index (χ2v) is 12.5. The lowest BCUT2D eigenvalue weighted by atomic mass is 10.0. The first-order valence-electron chi connectivity index (χ1n) is 12.9. The Morgan fingerprint density at radius 2 is 1.62 bits per heavy atom. The molecule has 0 aliphatic carbocycles. The molecule has 0 bridgehead atoms. The molecule has 40 heavy (non-hydrogen) atoms. The Bertz CT molecular complexity index is 1420. The molecule has 0 fully saturated rings. The third kappa shape index (κ3) is 8.79. The average molecular weight is 588 g/mol. The van der Waals surface area contributed by atoms with Crippen molar-refractivity contribution in [3.63, 3.8) is 0 Å². The summed E-state index contributed by atoms with van der Waals surface area (Å²) in [6.45, 7) is 5.48. The summed E-state index contributed by atoms with van der Waals surface area (Å²) in [4.78, 5) is 29.0. The summed E-state index contributed by atoms with van der Waals surface area (Å²) in [7, 11) is -3.89. The first-order valence-corrected chi connectivity index (χ1v) is 15.2. The number of sulfonamides is 1. The fourth-order valence-corrected chi connectivity index (χ4v) is 5.39. The smallest absolute Gasteiger partial charge is 0.244 e. The molecule has 0 unspecified atom stereocenters. The Balaban J connectivity index is 2.06. The number of halogens is 2. The highest BCUT2D eigenvalue weighted by Crippen LogP contribution is 2.26. The Hall–Kier alpha value is -3.43. The minimum Gasteiger partial charge on any atom is -0.354 e. The van der Waals surface area contributed by atoms with E-state index in [0.717, 1.165) is 16.1 Å². The van der Waals surface area contributed by atoms with Gasteiger partial charge in [-0.05, 0) is 59.9 Å². The molecule has 0 aliphatic heterocycles. The molecule has 0 saturated carbocycles. The molecule has 3 aromatic carbocycles. The molecular formula is C30H35ClFN3O4S. The number of nitrogens with one attached hydrogen (secondary N) is 1. The van der Waals surface area contributed by atoms with Crippen LogP contribution in [0.1, 0.15) is 30.5 Å². The fraction of sp³-hybridized carbons (Fsp3) is 0.333. The van der Waals surface area contributed by atoms with Gasteiger partial charge in [-0.3, -0.25) is 13.9 Å². The first kappa shape index (κ1) is 31.1. The average Bonchev–Trinajstić information content (AvgIpc) is 2.89. The quantitative estimate of drug-likeness (QED) is 0.324. The Morgan fingerprint density at radius 1 is 0.975 bits per heavy atom. The summed E-state index contributed by atoms with van der Waals surface area (Å²) in [5, 5.41) is 3.36. The van der Waals surface area contributed by atoms with E-state index in [1.54, 1.807) is 37.3 Å². The van der Waals surface area contributed by atoms with E-state index in [0.29, 0.717) is 28.4 Å². The summed E-state index contributed by atoms with van der Waals surface area (Å²) < 4.78 is 40.5. The van der Waals surface area contributed by atoms with E-state index in [2.05, 4.69) is 5.32 Å². The van der Waals surface area contributed by atoms with Crippen LogP contribution in [0.3, 0.4) is 0 Å². The Labute approximate surface area is 241 Å². The van der Waals surface area contributed by atoms with Gasteiger partial charge in [0, 0.05) is 24.5 Å². The lowest BCUT2D eigenvalue weighted by Gasteiger charge is -2.34. The van der Waals surface area contributed by atoms with Crippen LogP contribution in [0.15, 0.2) is 72.8 Å². The molecule has 2 amide bonds. The van der Waals surface area contributed by atoms with Gasteiger partial charge in [0.05, 0.1) is 11.9 Å². The molecule has 1 N–H and O–H groups in total. The van der Waals surface area contributed by atoms with Crippen LogP contribution in [0.25, 0.3) is 0 Å². The van der Waals surface area contributed by atoms with Crippen LogP contribution in [0.2, 0.25) is 5.02 Å². The van der Waals surface area contributed by atoms with E-state index in [9.17, 15) is 22.4 Å². The monoisotopic (exact) mass is 587 g/mol. The SMILES string of the molecule is Cc1cc(Cl)ccc1N(CC(=O)N(Cc1ccc(F)cc1)[C@H](Cc1ccccc1)C(=O)NCC(C)C)S(C)(=O)=O. The Morgan fingerprint density at radius 3 is 2.20 bits per heavy atom. The van der Waals surface area contributed by atoms with Crippen molar-refractivity contribution in [2.75, 3.05) is 23.7 Å². The van der Waals surface area contributed by atoms with Crippen LogP contribution >= 0.6 is 11.6 Å². The van der Waals surface area contributed by atoms with E-state index in [1.807, 2.05) is 44.2 Å². The van der Waals surface area contributed by atoms with Crippen LogP contribution in [-0.2, 0) is 32.6 Å². The number of carbonyl (C=O) groups is 2. The van der Waals surface area contributed by atoms with Crippen molar-refractivity contribution in [3.8, 4) is 0 Å². The maximum absolute atomic E-state index is 14.0. The highest BCUT2D eigenvalue weighted by Gasteiger charge is 2.33. The van der Waals surface area contributed by atoms with Crippen molar-refractivity contribution in [1.29, 1.82) is 0 Å². The highest BCUT2D eigenvalue weighted by molar-refractivity contribution is 7.92. The van der Waals surface area contributed by atoms with Gasteiger partial charge >= 0.3 is 0 Å². The zero-order valence-electron chi connectivity index (χ0n) is 23.1. The zero-order valence-corrected chi connectivity index (χ0v) is 24.7. The van der Waals surface area contributed by atoms with Gasteiger partial charge in [-0.1, -0.05) is 67.9 Å². The number of hydrogen-bond acceptors (Lipinski definition) is 4. The van der Waals surface area contributed by atoms with E-state index in [1.165, 1.54) is 17.0 Å². The lowest BCUT2D eigenvalue weighted by Crippen LogP contribution is -2.53. The normalized spacial score (nSPS) is 12.2. The summed E-state index contributed by atoms with van der Waals surface area (Å²) >= 11 is 6.08. The van der Waals surface area contributed by atoms with Crippen molar-refractivity contribution in [1.82, 2.24) is 10.2 Å². The molecule has 0 radical (unpaired) electrons. The molecule has 1 atom stereocenters. The molecule has 0 heterocycles. The number of amides is 2. The summed E-state index contributed by atoms with van der Waals surface area (Å²) in [5.41, 5.74) is 2.31. The van der Waals surface area contributed by atoms with Gasteiger partial charge in [-0.25, -0.2) is 12.8 Å². The van der Waals surface area contributed by atoms with Crippen LogP contribution in [-0.4, -0.2) is 50.5 Å². The summed E-state index contributed by atoms with van der Waals surface area (Å²) in [6.07, 6.45) is 1.23. The highest BCUT2D eigenvalue weighted by atomic mass is 35.5. The van der Waals surface area contributed by atoms with Crippen molar-refractivity contribution in [2.24, 2.45) is 5.92 Å². The first-order chi connectivity index (χ1) is 18.8. The largest absolute Gasteiger partial charge is 0.354 e. The van der Waals surface area contributed by atoms with Crippen molar-refractivity contribution >= 4 is 39.1 Å². The molecule has 7 nitrogen and oxygen atoms in total. The number of aryl methyl sites for hydroxylation is 1. The Kier molecular flexibility index (Phi) is 10.7. The number of carbonyl (C=O) groups excluding carboxylic acids is 2. The third-order valence-electron chi connectivity index (χ3n) is 6.33. The number of benzene rings is 3. The van der Waals surface area contributed by atoms with Crippen molar-refractivity contribution in [3.05, 3.63) is 100 Å². The lowest BCUT2D eigenvalue weighted by molar-refractivity contribution is -0.140. The number of anilines is 1. The van der Waals surface area contributed by atoms with E-state index in [4.69, 9.17) is 11.6 Å². The topological polar surface area (TPSA) is 86.8 Å². The summed E-state index contributed by atoms with van der Waals surface area (Å²) in [6, 6.07) is 18.7. The third-order valence-corrected chi connectivity index (χ3v) is 7.69. The molecule has 0 aromatic heterocycles. The second-order valence-electron chi connectivity index (χ2n) is 10.2. The van der Waals surface area contributed by atoms with Gasteiger partial charge in [0.25, 0.3) is 0 Å². The minimum atomic E-state index is -3.89. The molecule has 0 spiro atoms. The summed E-state index contributed by atoms with van der Waals surface area (Å²) in [5.74, 6) is -1.19. The van der Waals surface area contributed by atoms with Crippen molar-refractivity contribution in [2.45, 2.75) is 39.8 Å². The fourth-order valence-electron chi connectivity index (χ4n) is 4.26. The second kappa shape index (κ2) is 13.8. The molecule has 214 valence electrons. The van der Waals surface area contributed by atoms with Gasteiger partial charge < -0.3 is 10.2 Å². The van der Waals surface area contributed by atoms with Gasteiger partial charge in [0.15, 0.2) is 0 Å². The van der Waals surface area contributed by atoms with Crippen molar-refractivity contribution < 1.29 is 22.4 Å². The number of rotatable bonds is 12. The van der Waals surface area contributed by atoms with Crippen LogP contribution in [0.5, 0.6) is 0 Å². The maximum atomic E-state index is 14.0. The van der Waals surface area contributed by atoms with Crippen LogP contribution in [0, 0.1) is 18.7 Å². The van der Waals surface area contributed by atoms with E-state index in [-0.39, 0.29) is 24.8 Å². The number of nitrogens with zero attached hydrogens (tertiary/aromatic N) is 2.